The van der Waals surface area contributed by atoms with E-state index in [-0.39, 0.29) is 35.8 Å². The van der Waals surface area contributed by atoms with E-state index in [1.165, 1.54) is 6.20 Å². The number of esters is 2. The van der Waals surface area contributed by atoms with Crippen molar-refractivity contribution in [3.8, 4) is 0 Å². The topological polar surface area (TPSA) is 90.4 Å². The molecule has 1 aromatic heterocycles. The van der Waals surface area contributed by atoms with Gasteiger partial charge in [0, 0.05) is 6.20 Å². The fourth-order valence-electron chi connectivity index (χ4n) is 1.92. The minimum Gasteiger partial charge on any atom is -0.464 e. The summed E-state index contributed by atoms with van der Waals surface area (Å²) in [5, 5.41) is 2.90. The highest BCUT2D eigenvalue weighted by atomic mass is 35.5. The van der Waals surface area contributed by atoms with Gasteiger partial charge in [-0.05, 0) is 37.8 Å². The maximum Gasteiger partial charge on any atom is 0.343 e. The summed E-state index contributed by atoms with van der Waals surface area (Å²) in [5.74, 6) is -0.605. The Bertz CT molecular complexity index is 552. The molecule has 0 aliphatic heterocycles. The van der Waals surface area contributed by atoms with Crippen LogP contribution in [-0.4, -0.2) is 41.2 Å². The van der Waals surface area contributed by atoms with Crippen molar-refractivity contribution in [1.29, 1.82) is 0 Å². The predicted molar refractivity (Wildman–Crippen MR) is 86.5 cm³/mol. The zero-order valence-corrected chi connectivity index (χ0v) is 14.5. The van der Waals surface area contributed by atoms with E-state index in [1.807, 2.05) is 13.8 Å². The van der Waals surface area contributed by atoms with Crippen molar-refractivity contribution < 1.29 is 19.1 Å². The molecule has 1 rings (SSSR count). The summed E-state index contributed by atoms with van der Waals surface area (Å²) in [4.78, 5) is 31.9. The molecule has 0 fully saturated rings. The molecule has 128 valence electrons. The average molecular weight is 344 g/mol. The normalized spacial score (nSPS) is 11.9. The van der Waals surface area contributed by atoms with Crippen LogP contribution in [0.4, 0.5) is 5.82 Å². The Kier molecular flexibility index (Phi) is 7.74. The summed E-state index contributed by atoms with van der Waals surface area (Å²) >= 11 is 5.80. The molecule has 0 unspecified atom stereocenters. The third-order valence-electron chi connectivity index (χ3n) is 2.84. The zero-order chi connectivity index (χ0) is 17.4. The lowest BCUT2D eigenvalue weighted by Gasteiger charge is -2.20. The summed E-state index contributed by atoms with van der Waals surface area (Å²) in [6, 6.07) is -0.644. The van der Waals surface area contributed by atoms with Gasteiger partial charge in [-0.25, -0.2) is 14.6 Å². The lowest BCUT2D eigenvalue weighted by atomic mass is 10.0. The highest BCUT2D eigenvalue weighted by Crippen LogP contribution is 2.19. The number of rotatable bonds is 8. The molecular formula is C15H22ClN3O4. The summed E-state index contributed by atoms with van der Waals surface area (Å²) in [6.07, 6.45) is 1.79. The van der Waals surface area contributed by atoms with Gasteiger partial charge in [0.1, 0.15) is 17.4 Å². The number of carbonyl (C=O) groups excluding carboxylic acids is 2. The van der Waals surface area contributed by atoms with Gasteiger partial charge in [0.05, 0.1) is 13.2 Å². The zero-order valence-electron chi connectivity index (χ0n) is 13.8. The maximum absolute atomic E-state index is 12.1. The molecule has 8 heteroatoms. The monoisotopic (exact) mass is 343 g/mol. The van der Waals surface area contributed by atoms with Gasteiger partial charge < -0.3 is 14.8 Å². The van der Waals surface area contributed by atoms with Crippen molar-refractivity contribution >= 4 is 29.4 Å². The fourth-order valence-corrected chi connectivity index (χ4v) is 2.06. The molecule has 1 atom stereocenters. The second-order valence-corrected chi connectivity index (χ2v) is 5.54. The van der Waals surface area contributed by atoms with Gasteiger partial charge in [-0.2, -0.15) is 4.98 Å². The Labute approximate surface area is 140 Å². The van der Waals surface area contributed by atoms with Crippen LogP contribution in [0.15, 0.2) is 6.20 Å². The first-order valence-corrected chi connectivity index (χ1v) is 7.89. The van der Waals surface area contributed by atoms with Crippen LogP contribution in [0.5, 0.6) is 0 Å². The van der Waals surface area contributed by atoms with Crippen LogP contribution >= 0.6 is 11.6 Å². The quantitative estimate of drug-likeness (QED) is 0.573. The van der Waals surface area contributed by atoms with Gasteiger partial charge in [0.25, 0.3) is 0 Å². The Balaban J connectivity index is 3.08. The summed E-state index contributed by atoms with van der Waals surface area (Å²) in [7, 11) is 0. The van der Waals surface area contributed by atoms with Crippen molar-refractivity contribution in [2.24, 2.45) is 5.92 Å². The lowest BCUT2D eigenvalue weighted by molar-refractivity contribution is -0.144. The maximum atomic E-state index is 12.1. The molecule has 0 aliphatic carbocycles. The molecule has 1 heterocycles. The average Bonchev–Trinajstić information content (AvgIpc) is 2.46. The van der Waals surface area contributed by atoms with Crippen LogP contribution < -0.4 is 5.32 Å². The Morgan fingerprint density at radius 3 is 2.48 bits per heavy atom. The van der Waals surface area contributed by atoms with Crippen molar-refractivity contribution in [2.45, 2.75) is 40.2 Å². The molecule has 0 spiro atoms. The van der Waals surface area contributed by atoms with Crippen molar-refractivity contribution in [2.75, 3.05) is 18.5 Å². The molecule has 1 aromatic rings. The molecule has 0 radical (unpaired) electrons. The molecule has 0 aliphatic rings. The Morgan fingerprint density at radius 1 is 1.26 bits per heavy atom. The third-order valence-corrected chi connectivity index (χ3v) is 3.03. The lowest BCUT2D eigenvalue weighted by Crippen LogP contribution is -2.34. The number of hydrogen-bond acceptors (Lipinski definition) is 7. The first kappa shape index (κ1) is 19.2. The molecule has 0 saturated carbocycles. The smallest absolute Gasteiger partial charge is 0.343 e. The second kappa shape index (κ2) is 9.29. The number of hydrogen-bond donors (Lipinski definition) is 1. The number of nitrogens with one attached hydrogen (secondary N) is 1. The van der Waals surface area contributed by atoms with E-state index in [0.717, 1.165) is 0 Å². The van der Waals surface area contributed by atoms with Crippen LogP contribution in [0, 0.1) is 5.92 Å². The van der Waals surface area contributed by atoms with E-state index < -0.39 is 18.0 Å². The number of ether oxygens (including phenoxy) is 2. The standard InChI is InChI=1S/C15H22ClN3O4/c1-5-22-13(20)10-8-17-15(16)19-12(10)18-11(7-9(3)4)14(21)23-6-2/h8-9,11H,5-7H2,1-4H3,(H,17,18,19)/t11-/m0/s1. The molecule has 1 N–H and O–H groups in total. The molecule has 0 saturated heterocycles. The van der Waals surface area contributed by atoms with Crippen molar-refractivity contribution in [3.05, 3.63) is 17.0 Å². The van der Waals surface area contributed by atoms with Crippen molar-refractivity contribution in [1.82, 2.24) is 9.97 Å². The number of anilines is 1. The number of nitrogens with zero attached hydrogens (tertiary/aromatic N) is 2. The van der Waals surface area contributed by atoms with Crippen LogP contribution in [0.3, 0.4) is 0 Å². The molecule has 0 amide bonds. The molecule has 7 nitrogen and oxygen atoms in total. The predicted octanol–water partition coefficient (Wildman–Crippen LogP) is 2.70. The SMILES string of the molecule is CCOC(=O)c1cnc(Cl)nc1N[C@@H](CC(C)C)C(=O)OCC. The van der Waals surface area contributed by atoms with E-state index in [0.29, 0.717) is 6.42 Å². The second-order valence-electron chi connectivity index (χ2n) is 5.20. The van der Waals surface area contributed by atoms with Crippen LogP contribution in [0.1, 0.15) is 44.5 Å². The number of halogens is 1. The first-order valence-electron chi connectivity index (χ1n) is 7.51. The van der Waals surface area contributed by atoms with Crippen LogP contribution in [0.25, 0.3) is 0 Å². The van der Waals surface area contributed by atoms with E-state index in [4.69, 9.17) is 21.1 Å². The van der Waals surface area contributed by atoms with Crippen LogP contribution in [0.2, 0.25) is 5.28 Å². The molecule has 0 aromatic carbocycles. The van der Waals surface area contributed by atoms with Gasteiger partial charge in [0.2, 0.25) is 5.28 Å². The summed E-state index contributed by atoms with van der Waals surface area (Å²) < 4.78 is 10.0. The highest BCUT2D eigenvalue weighted by molar-refractivity contribution is 6.28. The van der Waals surface area contributed by atoms with Crippen molar-refractivity contribution in [3.63, 3.8) is 0 Å². The summed E-state index contributed by atoms with van der Waals surface area (Å²) in [5.41, 5.74) is 0.120. The number of carbonyl (C=O) groups is 2. The minimum atomic E-state index is -0.644. The van der Waals surface area contributed by atoms with E-state index in [1.54, 1.807) is 13.8 Å². The van der Waals surface area contributed by atoms with E-state index in [9.17, 15) is 9.59 Å². The van der Waals surface area contributed by atoms with Gasteiger partial charge >= 0.3 is 11.9 Å². The molecule has 23 heavy (non-hydrogen) atoms. The fraction of sp³-hybridized carbons (Fsp3) is 0.600. The van der Waals surface area contributed by atoms with Gasteiger partial charge in [-0.1, -0.05) is 13.8 Å². The van der Waals surface area contributed by atoms with E-state index in [2.05, 4.69) is 15.3 Å². The minimum absolute atomic E-state index is 0.0345. The third kappa shape index (κ3) is 6.02. The van der Waals surface area contributed by atoms with Crippen LogP contribution in [-0.2, 0) is 14.3 Å². The first-order chi connectivity index (χ1) is 10.9. The largest absolute Gasteiger partial charge is 0.464 e. The highest BCUT2D eigenvalue weighted by Gasteiger charge is 2.25. The molecule has 0 bridgehead atoms. The van der Waals surface area contributed by atoms with Gasteiger partial charge in [-0.3, -0.25) is 0 Å². The molecular weight excluding hydrogens is 322 g/mol. The summed E-state index contributed by atoms with van der Waals surface area (Å²) in [6.45, 7) is 7.87. The Morgan fingerprint density at radius 2 is 1.91 bits per heavy atom. The Hall–Kier alpha value is -1.89. The van der Waals surface area contributed by atoms with Gasteiger partial charge in [-0.15, -0.1) is 0 Å². The van der Waals surface area contributed by atoms with Gasteiger partial charge in [0.15, 0.2) is 0 Å². The van der Waals surface area contributed by atoms with E-state index >= 15 is 0 Å². The number of aromatic nitrogens is 2.